The molecule has 2 N–H and O–H groups in total. The Morgan fingerprint density at radius 1 is 1.43 bits per heavy atom. The summed E-state index contributed by atoms with van der Waals surface area (Å²) in [4.78, 5) is 12.1. The lowest BCUT2D eigenvalue weighted by Gasteiger charge is -2.27. The Labute approximate surface area is 133 Å². The Kier molecular flexibility index (Phi) is 5.58. The number of hydrogen-bond acceptors (Lipinski definition) is 4. The molecule has 0 amide bonds. The van der Waals surface area contributed by atoms with Crippen molar-refractivity contribution in [2.45, 2.75) is 50.7 Å². The Morgan fingerprint density at radius 3 is 2.71 bits per heavy atom. The predicted octanol–water partition coefficient (Wildman–Crippen LogP) is 2.69. The van der Waals surface area contributed by atoms with Crippen LogP contribution in [0, 0.1) is 0 Å². The van der Waals surface area contributed by atoms with Crippen LogP contribution in [0.25, 0.3) is 0 Å². The average Bonchev–Trinajstić information content (AvgIpc) is 2.69. The third-order valence-electron chi connectivity index (χ3n) is 3.93. The molecular weight excluding hydrogens is 334 g/mol. The van der Waals surface area contributed by atoms with Crippen LogP contribution in [0.15, 0.2) is 28.1 Å². The van der Waals surface area contributed by atoms with Crippen LogP contribution in [0.2, 0.25) is 0 Å². The van der Waals surface area contributed by atoms with Gasteiger partial charge >= 0.3 is 0 Å². The SMILES string of the molecule is C=CCn1ncc(NCC2(O)CCCCCC2)c(Br)c1=O. The van der Waals surface area contributed by atoms with E-state index in [1.807, 2.05) is 0 Å². The summed E-state index contributed by atoms with van der Waals surface area (Å²) in [7, 11) is 0. The second kappa shape index (κ2) is 7.22. The van der Waals surface area contributed by atoms with Gasteiger partial charge in [-0.3, -0.25) is 4.79 Å². The van der Waals surface area contributed by atoms with Crippen LogP contribution in [0.3, 0.4) is 0 Å². The zero-order chi connectivity index (χ0) is 15.3. The summed E-state index contributed by atoms with van der Waals surface area (Å²) in [5.41, 5.74) is -0.267. The zero-order valence-corrected chi connectivity index (χ0v) is 13.7. The van der Waals surface area contributed by atoms with E-state index in [0.717, 1.165) is 25.7 Å². The van der Waals surface area contributed by atoms with Crippen LogP contribution in [-0.2, 0) is 6.54 Å². The number of rotatable bonds is 5. The molecule has 0 saturated heterocycles. The van der Waals surface area contributed by atoms with E-state index in [4.69, 9.17) is 0 Å². The predicted molar refractivity (Wildman–Crippen MR) is 87.5 cm³/mol. The Morgan fingerprint density at radius 2 is 2.10 bits per heavy atom. The number of hydrogen-bond donors (Lipinski definition) is 2. The molecule has 0 aromatic carbocycles. The molecule has 2 rings (SSSR count). The number of nitrogens with one attached hydrogen (secondary N) is 1. The maximum atomic E-state index is 12.1. The number of aliphatic hydroxyl groups is 1. The number of nitrogens with zero attached hydrogens (tertiary/aromatic N) is 2. The highest BCUT2D eigenvalue weighted by atomic mass is 79.9. The first kappa shape index (κ1) is 16.2. The second-order valence-corrected chi connectivity index (χ2v) is 6.43. The van der Waals surface area contributed by atoms with Gasteiger partial charge in [0.15, 0.2) is 0 Å². The maximum Gasteiger partial charge on any atom is 0.283 e. The highest BCUT2D eigenvalue weighted by Gasteiger charge is 2.28. The molecule has 0 bridgehead atoms. The lowest BCUT2D eigenvalue weighted by molar-refractivity contribution is 0.0381. The van der Waals surface area contributed by atoms with Crippen molar-refractivity contribution in [2.75, 3.05) is 11.9 Å². The first-order valence-electron chi connectivity index (χ1n) is 7.38. The molecule has 0 aliphatic heterocycles. The van der Waals surface area contributed by atoms with Crippen molar-refractivity contribution in [2.24, 2.45) is 0 Å². The Bertz CT molecular complexity index is 548. The topological polar surface area (TPSA) is 67.2 Å². The summed E-state index contributed by atoms with van der Waals surface area (Å²) in [6.45, 7) is 4.42. The van der Waals surface area contributed by atoms with Gasteiger partial charge in [0.25, 0.3) is 5.56 Å². The van der Waals surface area contributed by atoms with Crippen molar-refractivity contribution < 1.29 is 5.11 Å². The smallest absolute Gasteiger partial charge is 0.283 e. The molecular formula is C15H22BrN3O2. The molecule has 0 atom stereocenters. The molecule has 1 saturated carbocycles. The van der Waals surface area contributed by atoms with E-state index in [-0.39, 0.29) is 5.56 Å². The van der Waals surface area contributed by atoms with Crippen molar-refractivity contribution in [3.05, 3.63) is 33.7 Å². The first-order chi connectivity index (χ1) is 10.1. The lowest BCUT2D eigenvalue weighted by Crippen LogP contribution is -2.37. The standard InChI is InChI=1S/C15H22BrN3O2/c1-2-9-19-14(20)13(16)12(10-18-19)17-11-15(21)7-5-3-4-6-8-15/h2,10,17,21H,1,3-9,11H2. The van der Waals surface area contributed by atoms with E-state index in [1.165, 1.54) is 17.5 Å². The van der Waals surface area contributed by atoms with Gasteiger partial charge in [0.2, 0.25) is 0 Å². The molecule has 1 aliphatic carbocycles. The highest BCUT2D eigenvalue weighted by Crippen LogP contribution is 2.28. The fourth-order valence-electron chi connectivity index (χ4n) is 2.66. The second-order valence-electron chi connectivity index (χ2n) is 5.64. The van der Waals surface area contributed by atoms with E-state index in [9.17, 15) is 9.90 Å². The third kappa shape index (κ3) is 4.17. The van der Waals surface area contributed by atoms with E-state index in [2.05, 4.69) is 32.9 Å². The van der Waals surface area contributed by atoms with E-state index in [0.29, 0.717) is 23.2 Å². The number of aromatic nitrogens is 2. The summed E-state index contributed by atoms with van der Waals surface area (Å²) < 4.78 is 1.78. The van der Waals surface area contributed by atoms with E-state index in [1.54, 1.807) is 12.3 Å². The molecule has 21 heavy (non-hydrogen) atoms. The molecule has 6 heteroatoms. The fourth-order valence-corrected chi connectivity index (χ4v) is 3.11. The van der Waals surface area contributed by atoms with Gasteiger partial charge in [-0.2, -0.15) is 5.10 Å². The molecule has 116 valence electrons. The van der Waals surface area contributed by atoms with Gasteiger partial charge in [0.05, 0.1) is 24.0 Å². The Balaban J connectivity index is 2.07. The van der Waals surface area contributed by atoms with Gasteiger partial charge < -0.3 is 10.4 Å². The molecule has 0 unspecified atom stereocenters. The van der Waals surface area contributed by atoms with E-state index < -0.39 is 5.60 Å². The van der Waals surface area contributed by atoms with Gasteiger partial charge in [0, 0.05) is 6.54 Å². The van der Waals surface area contributed by atoms with Crippen molar-refractivity contribution >= 4 is 21.6 Å². The maximum absolute atomic E-state index is 12.1. The Hall–Kier alpha value is -1.14. The minimum absolute atomic E-state index is 0.201. The van der Waals surface area contributed by atoms with Crippen molar-refractivity contribution in [3.63, 3.8) is 0 Å². The zero-order valence-electron chi connectivity index (χ0n) is 12.1. The van der Waals surface area contributed by atoms with Crippen LogP contribution in [0.1, 0.15) is 38.5 Å². The normalized spacial score (nSPS) is 18.0. The molecule has 1 aromatic rings. The van der Waals surface area contributed by atoms with Crippen LogP contribution < -0.4 is 10.9 Å². The summed E-state index contributed by atoms with van der Waals surface area (Å²) in [6.07, 6.45) is 9.32. The fraction of sp³-hybridized carbons (Fsp3) is 0.600. The number of anilines is 1. The molecule has 1 fully saturated rings. The van der Waals surface area contributed by atoms with Crippen molar-refractivity contribution in [3.8, 4) is 0 Å². The first-order valence-corrected chi connectivity index (χ1v) is 8.18. The van der Waals surface area contributed by atoms with Gasteiger partial charge in [0.1, 0.15) is 4.47 Å². The van der Waals surface area contributed by atoms with Gasteiger partial charge in [-0.15, -0.1) is 6.58 Å². The molecule has 0 radical (unpaired) electrons. The van der Waals surface area contributed by atoms with Gasteiger partial charge in [-0.1, -0.05) is 31.8 Å². The van der Waals surface area contributed by atoms with Gasteiger partial charge in [-0.05, 0) is 28.8 Å². The highest BCUT2D eigenvalue weighted by molar-refractivity contribution is 9.10. The largest absolute Gasteiger partial charge is 0.388 e. The minimum atomic E-state index is -0.689. The van der Waals surface area contributed by atoms with Crippen molar-refractivity contribution in [1.29, 1.82) is 0 Å². The number of allylic oxidation sites excluding steroid dienone is 1. The summed E-state index contributed by atoms with van der Waals surface area (Å²) in [6, 6.07) is 0. The molecule has 1 heterocycles. The minimum Gasteiger partial charge on any atom is -0.388 e. The number of halogens is 1. The summed E-state index contributed by atoms with van der Waals surface area (Å²) in [5.74, 6) is 0. The lowest BCUT2D eigenvalue weighted by atomic mass is 9.94. The van der Waals surface area contributed by atoms with Crippen LogP contribution in [0.5, 0.6) is 0 Å². The third-order valence-corrected chi connectivity index (χ3v) is 4.70. The monoisotopic (exact) mass is 355 g/mol. The quantitative estimate of drug-likeness (QED) is 0.629. The summed E-state index contributed by atoms with van der Waals surface area (Å²) in [5, 5.41) is 17.9. The van der Waals surface area contributed by atoms with Crippen LogP contribution >= 0.6 is 15.9 Å². The molecule has 5 nitrogen and oxygen atoms in total. The summed E-state index contributed by atoms with van der Waals surface area (Å²) >= 11 is 3.31. The molecule has 1 aliphatic rings. The molecule has 1 aromatic heterocycles. The van der Waals surface area contributed by atoms with Gasteiger partial charge in [-0.25, -0.2) is 4.68 Å². The van der Waals surface area contributed by atoms with Crippen LogP contribution in [-0.4, -0.2) is 27.0 Å². The average molecular weight is 356 g/mol. The van der Waals surface area contributed by atoms with Crippen molar-refractivity contribution in [1.82, 2.24) is 9.78 Å². The van der Waals surface area contributed by atoms with E-state index >= 15 is 0 Å². The van der Waals surface area contributed by atoms with Crippen LogP contribution in [0.4, 0.5) is 5.69 Å². The molecule has 0 spiro atoms.